The van der Waals surface area contributed by atoms with E-state index in [2.05, 4.69) is 14.9 Å². The van der Waals surface area contributed by atoms with Gasteiger partial charge in [0, 0.05) is 25.3 Å². The molecule has 0 saturated carbocycles. The van der Waals surface area contributed by atoms with Gasteiger partial charge in [0.2, 0.25) is 10.0 Å². The Bertz CT molecular complexity index is 626. The van der Waals surface area contributed by atoms with Gasteiger partial charge in [0.05, 0.1) is 18.0 Å². The average Bonchev–Trinajstić information content (AvgIpc) is 2.96. The molecule has 2 aliphatic heterocycles. The molecule has 3 heterocycles. The maximum Gasteiger partial charge on any atom is 0.211 e. The molecule has 0 radical (unpaired) electrons. The van der Waals surface area contributed by atoms with Crippen LogP contribution >= 0.6 is 0 Å². The van der Waals surface area contributed by atoms with Crippen LogP contribution in [0.25, 0.3) is 0 Å². The molecule has 0 aromatic carbocycles. The number of aryl methyl sites for hydroxylation is 1. The molecule has 0 spiro atoms. The van der Waals surface area contributed by atoms with Crippen LogP contribution < -0.4 is 0 Å². The van der Waals surface area contributed by atoms with Gasteiger partial charge in [-0.3, -0.25) is 4.90 Å². The summed E-state index contributed by atoms with van der Waals surface area (Å²) in [7, 11) is -3.05. The lowest BCUT2D eigenvalue weighted by molar-refractivity contribution is 0.125. The number of rotatable bonds is 3. The van der Waals surface area contributed by atoms with Crippen LogP contribution in [0, 0.1) is 6.92 Å². The van der Waals surface area contributed by atoms with Crippen molar-refractivity contribution >= 4 is 10.0 Å². The zero-order valence-electron chi connectivity index (χ0n) is 13.3. The van der Waals surface area contributed by atoms with Crippen LogP contribution in [0.3, 0.4) is 0 Å². The van der Waals surface area contributed by atoms with Crippen LogP contribution in [0.1, 0.15) is 43.2 Å². The fourth-order valence-electron chi connectivity index (χ4n) is 3.71. The minimum absolute atomic E-state index is 0.358. The smallest absolute Gasteiger partial charge is 0.211 e. The van der Waals surface area contributed by atoms with Gasteiger partial charge in [0.25, 0.3) is 0 Å². The standard InChI is InChI=1S/C15H24N4O2S/c1-12-16-8-5-14(17-12)15-4-3-9-19(15)13-6-10-18(11-7-13)22(2,20)21/h5,8,13,15H,3-4,6-7,9-11H2,1-2H3/t15-/m1/s1. The first kappa shape index (κ1) is 15.8. The third kappa shape index (κ3) is 3.31. The maximum atomic E-state index is 11.6. The Morgan fingerprint density at radius 2 is 1.91 bits per heavy atom. The van der Waals surface area contributed by atoms with E-state index >= 15 is 0 Å². The summed E-state index contributed by atoms with van der Waals surface area (Å²) >= 11 is 0. The zero-order valence-corrected chi connectivity index (χ0v) is 14.1. The second-order valence-electron chi connectivity index (χ2n) is 6.32. The molecule has 22 heavy (non-hydrogen) atoms. The van der Waals surface area contributed by atoms with Gasteiger partial charge in [-0.25, -0.2) is 22.7 Å². The van der Waals surface area contributed by atoms with E-state index in [0.717, 1.165) is 37.3 Å². The highest BCUT2D eigenvalue weighted by atomic mass is 32.2. The number of nitrogens with zero attached hydrogens (tertiary/aromatic N) is 4. The van der Waals surface area contributed by atoms with Crippen LogP contribution in [0.5, 0.6) is 0 Å². The van der Waals surface area contributed by atoms with Gasteiger partial charge < -0.3 is 0 Å². The molecule has 1 atom stereocenters. The highest BCUT2D eigenvalue weighted by molar-refractivity contribution is 7.88. The third-order valence-corrected chi connectivity index (χ3v) is 6.10. The SMILES string of the molecule is Cc1nccc([C@H]2CCCN2C2CCN(S(C)(=O)=O)CC2)n1. The largest absolute Gasteiger partial charge is 0.292 e. The molecular formula is C15H24N4O2S. The molecular weight excluding hydrogens is 300 g/mol. The summed E-state index contributed by atoms with van der Waals surface area (Å²) in [6.45, 7) is 4.27. The molecule has 0 unspecified atom stereocenters. The van der Waals surface area contributed by atoms with E-state index in [1.165, 1.54) is 12.7 Å². The molecule has 122 valence electrons. The lowest BCUT2D eigenvalue weighted by atomic mass is 10.0. The molecule has 3 rings (SSSR count). The van der Waals surface area contributed by atoms with Crippen molar-refractivity contribution in [3.05, 3.63) is 23.8 Å². The van der Waals surface area contributed by atoms with Gasteiger partial charge in [-0.2, -0.15) is 0 Å². The molecule has 2 aliphatic rings. The van der Waals surface area contributed by atoms with E-state index in [1.54, 1.807) is 4.31 Å². The van der Waals surface area contributed by atoms with Crippen LogP contribution in [0.2, 0.25) is 0 Å². The molecule has 0 bridgehead atoms. The lowest BCUT2D eigenvalue weighted by Gasteiger charge is -2.38. The summed E-state index contributed by atoms with van der Waals surface area (Å²) in [5.74, 6) is 0.816. The predicted molar refractivity (Wildman–Crippen MR) is 84.9 cm³/mol. The third-order valence-electron chi connectivity index (χ3n) is 4.79. The lowest BCUT2D eigenvalue weighted by Crippen LogP contribution is -2.46. The first-order valence-corrected chi connectivity index (χ1v) is 9.80. The number of aromatic nitrogens is 2. The summed E-state index contributed by atoms with van der Waals surface area (Å²) < 4.78 is 24.9. The molecule has 1 aromatic rings. The first-order valence-electron chi connectivity index (χ1n) is 7.95. The van der Waals surface area contributed by atoms with Crippen molar-refractivity contribution in [2.75, 3.05) is 25.9 Å². The molecule has 2 saturated heterocycles. The Morgan fingerprint density at radius 3 is 2.55 bits per heavy atom. The Hall–Kier alpha value is -1.05. The van der Waals surface area contributed by atoms with Gasteiger partial charge in [-0.05, 0) is 45.2 Å². The number of likely N-dealkylation sites (tertiary alicyclic amines) is 1. The molecule has 0 aliphatic carbocycles. The van der Waals surface area contributed by atoms with E-state index in [1.807, 2.05) is 19.2 Å². The molecule has 6 nitrogen and oxygen atoms in total. The fraction of sp³-hybridized carbons (Fsp3) is 0.733. The second-order valence-corrected chi connectivity index (χ2v) is 8.30. The van der Waals surface area contributed by atoms with Crippen molar-refractivity contribution in [3.8, 4) is 0 Å². The average molecular weight is 324 g/mol. The number of piperidine rings is 1. The quantitative estimate of drug-likeness (QED) is 0.839. The first-order chi connectivity index (χ1) is 10.4. The van der Waals surface area contributed by atoms with E-state index in [-0.39, 0.29) is 0 Å². The molecule has 0 N–H and O–H groups in total. The Kier molecular flexibility index (Phi) is 4.47. The summed E-state index contributed by atoms with van der Waals surface area (Å²) in [6.07, 6.45) is 7.26. The van der Waals surface area contributed by atoms with Crippen molar-refractivity contribution in [1.82, 2.24) is 19.2 Å². The Balaban J connectivity index is 1.70. The topological polar surface area (TPSA) is 66.4 Å². The van der Waals surface area contributed by atoms with Gasteiger partial charge in [0.1, 0.15) is 5.82 Å². The zero-order chi connectivity index (χ0) is 15.7. The number of hydrogen-bond donors (Lipinski definition) is 0. The highest BCUT2D eigenvalue weighted by Gasteiger charge is 2.35. The minimum Gasteiger partial charge on any atom is -0.292 e. The Morgan fingerprint density at radius 1 is 1.18 bits per heavy atom. The minimum atomic E-state index is -3.05. The monoisotopic (exact) mass is 324 g/mol. The van der Waals surface area contributed by atoms with Crippen LogP contribution in [0.15, 0.2) is 12.3 Å². The van der Waals surface area contributed by atoms with E-state index in [0.29, 0.717) is 25.2 Å². The van der Waals surface area contributed by atoms with E-state index in [9.17, 15) is 8.42 Å². The van der Waals surface area contributed by atoms with Crippen molar-refractivity contribution in [3.63, 3.8) is 0 Å². The van der Waals surface area contributed by atoms with Crippen molar-refractivity contribution in [1.29, 1.82) is 0 Å². The van der Waals surface area contributed by atoms with Gasteiger partial charge in [-0.1, -0.05) is 0 Å². The highest BCUT2D eigenvalue weighted by Crippen LogP contribution is 2.35. The summed E-state index contributed by atoms with van der Waals surface area (Å²) in [5, 5.41) is 0. The summed E-state index contributed by atoms with van der Waals surface area (Å²) in [5.41, 5.74) is 1.11. The van der Waals surface area contributed by atoms with Gasteiger partial charge >= 0.3 is 0 Å². The fourth-order valence-corrected chi connectivity index (χ4v) is 4.58. The molecule has 0 amide bonds. The van der Waals surface area contributed by atoms with E-state index < -0.39 is 10.0 Å². The van der Waals surface area contributed by atoms with Crippen LogP contribution in [0.4, 0.5) is 0 Å². The van der Waals surface area contributed by atoms with Gasteiger partial charge in [0.15, 0.2) is 0 Å². The maximum absolute atomic E-state index is 11.6. The van der Waals surface area contributed by atoms with E-state index in [4.69, 9.17) is 0 Å². The summed E-state index contributed by atoms with van der Waals surface area (Å²) in [6, 6.07) is 2.83. The predicted octanol–water partition coefficient (Wildman–Crippen LogP) is 1.35. The second kappa shape index (κ2) is 6.22. The molecule has 7 heteroatoms. The Labute approximate surface area is 132 Å². The van der Waals surface area contributed by atoms with Crippen LogP contribution in [-0.4, -0.2) is 59.5 Å². The molecule has 1 aromatic heterocycles. The van der Waals surface area contributed by atoms with Crippen LogP contribution in [-0.2, 0) is 10.0 Å². The molecule has 2 fully saturated rings. The van der Waals surface area contributed by atoms with Crippen molar-refractivity contribution in [2.45, 2.75) is 44.7 Å². The van der Waals surface area contributed by atoms with Gasteiger partial charge in [-0.15, -0.1) is 0 Å². The van der Waals surface area contributed by atoms with Crippen molar-refractivity contribution in [2.24, 2.45) is 0 Å². The summed E-state index contributed by atoms with van der Waals surface area (Å²) in [4.78, 5) is 11.3. The van der Waals surface area contributed by atoms with Crippen molar-refractivity contribution < 1.29 is 8.42 Å². The number of hydrogen-bond acceptors (Lipinski definition) is 5. The number of sulfonamides is 1. The normalized spacial score (nSPS) is 25.6.